The molecule has 1 N–H and O–H groups in total. The van der Waals surface area contributed by atoms with Gasteiger partial charge in [0.1, 0.15) is 0 Å². The van der Waals surface area contributed by atoms with Gasteiger partial charge in [0.25, 0.3) is 0 Å². The topological polar surface area (TPSA) is 78.8 Å². The van der Waals surface area contributed by atoms with Crippen molar-refractivity contribution in [3.8, 4) is 5.88 Å². The van der Waals surface area contributed by atoms with Gasteiger partial charge in [0, 0.05) is 78.2 Å². The Morgan fingerprint density at radius 2 is 1.57 bits per heavy atom. The largest absolute Gasteiger partial charge is 0.425 e. The fourth-order valence-corrected chi connectivity index (χ4v) is 6.55. The molecule has 0 bridgehead atoms. The predicted molar refractivity (Wildman–Crippen MR) is 191 cm³/mol. The maximum absolute atomic E-state index is 14.2. The van der Waals surface area contributed by atoms with Gasteiger partial charge in [0.2, 0.25) is 11.8 Å². The van der Waals surface area contributed by atoms with Gasteiger partial charge in [-0.25, -0.2) is 14.7 Å². The summed E-state index contributed by atoms with van der Waals surface area (Å²) in [6, 6.07) is 30.4. The van der Waals surface area contributed by atoms with Gasteiger partial charge in [0.15, 0.2) is 0 Å². The van der Waals surface area contributed by atoms with Gasteiger partial charge in [-0.2, -0.15) is 4.98 Å². The summed E-state index contributed by atoms with van der Waals surface area (Å²) < 4.78 is 8.28. The summed E-state index contributed by atoms with van der Waals surface area (Å²) in [5, 5.41) is 5.48. The fourth-order valence-electron chi connectivity index (χ4n) is 6.55. The van der Waals surface area contributed by atoms with Gasteiger partial charge < -0.3 is 24.4 Å². The highest BCUT2D eigenvalue weighted by Crippen LogP contribution is 2.37. The van der Waals surface area contributed by atoms with E-state index in [9.17, 15) is 4.79 Å². The van der Waals surface area contributed by atoms with Crippen LogP contribution in [0.15, 0.2) is 97.2 Å². The molecule has 238 valence electrons. The third-order valence-corrected chi connectivity index (χ3v) is 8.99. The third kappa shape index (κ3) is 5.97. The van der Waals surface area contributed by atoms with E-state index >= 15 is 0 Å². The molecular formula is C38H39N7O2. The summed E-state index contributed by atoms with van der Waals surface area (Å²) in [6.07, 6.45) is 1.04. The molecule has 1 aliphatic heterocycles. The van der Waals surface area contributed by atoms with Crippen LogP contribution in [0.3, 0.4) is 0 Å². The molecule has 0 saturated carbocycles. The number of carbonyl (C=O) groups excluding carboxylic acids is 1. The summed E-state index contributed by atoms with van der Waals surface area (Å²) in [5.74, 6) is 0.497. The van der Waals surface area contributed by atoms with Crippen LogP contribution >= 0.6 is 0 Å². The van der Waals surface area contributed by atoms with Crippen molar-refractivity contribution in [3.05, 3.63) is 108 Å². The van der Waals surface area contributed by atoms with Gasteiger partial charge in [-0.1, -0.05) is 36.4 Å². The molecule has 7 rings (SSSR count). The molecule has 0 unspecified atom stereocenters. The van der Waals surface area contributed by atoms with Gasteiger partial charge >= 0.3 is 6.09 Å². The number of aryl methyl sites for hydroxylation is 3. The number of fused-ring (bicyclic) bond motifs is 3. The lowest BCUT2D eigenvalue weighted by Gasteiger charge is -2.34. The average Bonchev–Trinajstić information content (AvgIpc) is 3.40. The van der Waals surface area contributed by atoms with E-state index in [2.05, 4.69) is 92.2 Å². The van der Waals surface area contributed by atoms with Crippen molar-refractivity contribution in [1.29, 1.82) is 0 Å². The number of hydrogen-bond acceptors (Lipinski definition) is 7. The standard InChI is InChI=1S/C38H39N7O2/c1-5-44-33-12-7-6-11-31(33)32-25-30(17-18-34(32)44)45(36-26(2)9-8-10-27(36)3)38(46)47-35-19-20-39-37(41-35)40-28-13-15-29(16-14-28)43-23-21-42(4)22-24-43/h6-20,25H,5,21-24H2,1-4H3,(H,39,40,41). The number of piperazine rings is 1. The second-order valence-corrected chi connectivity index (χ2v) is 12.1. The molecule has 0 aliphatic carbocycles. The van der Waals surface area contributed by atoms with Crippen molar-refractivity contribution in [2.24, 2.45) is 0 Å². The van der Waals surface area contributed by atoms with Crippen molar-refractivity contribution in [2.75, 3.05) is 48.3 Å². The molecular weight excluding hydrogens is 586 g/mol. The maximum Gasteiger partial charge on any atom is 0.425 e. The van der Waals surface area contributed by atoms with E-state index in [1.807, 2.05) is 50.2 Å². The number of anilines is 5. The molecule has 0 spiro atoms. The first-order valence-corrected chi connectivity index (χ1v) is 16.1. The molecule has 6 aromatic rings. The first-order valence-electron chi connectivity index (χ1n) is 16.1. The molecule has 1 fully saturated rings. The highest BCUT2D eigenvalue weighted by atomic mass is 16.6. The van der Waals surface area contributed by atoms with Crippen LogP contribution in [0.4, 0.5) is 33.5 Å². The normalized spacial score (nSPS) is 13.7. The van der Waals surface area contributed by atoms with Crippen molar-refractivity contribution in [1.82, 2.24) is 19.4 Å². The molecule has 2 aromatic heterocycles. The summed E-state index contributed by atoms with van der Waals surface area (Å²) in [7, 11) is 2.16. The molecule has 1 amide bonds. The predicted octanol–water partition coefficient (Wildman–Crippen LogP) is 8.05. The number of carbonyl (C=O) groups is 1. The fraction of sp³-hybridized carbons (Fsp3) is 0.237. The van der Waals surface area contributed by atoms with Crippen molar-refractivity contribution < 1.29 is 9.53 Å². The SMILES string of the molecule is CCn1c2ccccc2c2cc(N(C(=O)Oc3ccnc(Nc4ccc(N5CCN(C)CC5)cc4)n3)c3c(C)cccc3C)ccc21. The van der Waals surface area contributed by atoms with Crippen LogP contribution in [0.5, 0.6) is 5.88 Å². The first-order chi connectivity index (χ1) is 22.9. The van der Waals surface area contributed by atoms with Crippen LogP contribution in [0.25, 0.3) is 21.8 Å². The monoisotopic (exact) mass is 625 g/mol. The quantitative estimate of drug-likeness (QED) is 0.192. The van der Waals surface area contributed by atoms with Crippen LogP contribution in [-0.4, -0.2) is 58.8 Å². The van der Waals surface area contributed by atoms with Gasteiger partial charge in [-0.3, -0.25) is 0 Å². The van der Waals surface area contributed by atoms with Crippen LogP contribution in [0.1, 0.15) is 18.1 Å². The molecule has 1 saturated heterocycles. The van der Waals surface area contributed by atoms with E-state index in [0.29, 0.717) is 11.6 Å². The lowest BCUT2D eigenvalue weighted by Crippen LogP contribution is -2.44. The Bertz CT molecular complexity index is 2040. The van der Waals surface area contributed by atoms with Crippen LogP contribution in [0.2, 0.25) is 0 Å². The van der Waals surface area contributed by atoms with Crippen LogP contribution in [-0.2, 0) is 6.54 Å². The van der Waals surface area contributed by atoms with Crippen LogP contribution < -0.4 is 19.9 Å². The number of nitrogens with one attached hydrogen (secondary N) is 1. The smallest absolute Gasteiger partial charge is 0.390 e. The van der Waals surface area contributed by atoms with E-state index < -0.39 is 6.09 Å². The molecule has 9 heteroatoms. The lowest BCUT2D eigenvalue weighted by molar-refractivity contribution is 0.208. The van der Waals surface area contributed by atoms with E-state index in [1.54, 1.807) is 17.2 Å². The Morgan fingerprint density at radius 1 is 0.851 bits per heavy atom. The molecule has 9 nitrogen and oxygen atoms in total. The molecule has 0 radical (unpaired) electrons. The minimum Gasteiger partial charge on any atom is -0.390 e. The Balaban J connectivity index is 1.17. The first kappa shape index (κ1) is 30.3. The number of likely N-dealkylation sites (N-methyl/N-ethyl adjacent to an activating group) is 1. The Kier molecular flexibility index (Phi) is 8.22. The van der Waals surface area contributed by atoms with Crippen molar-refractivity contribution >= 4 is 56.6 Å². The zero-order valence-corrected chi connectivity index (χ0v) is 27.3. The van der Waals surface area contributed by atoms with Crippen molar-refractivity contribution in [3.63, 3.8) is 0 Å². The Hall–Kier alpha value is -5.41. The minimum atomic E-state index is -0.554. The van der Waals surface area contributed by atoms with Gasteiger partial charge in [0.05, 0.1) is 11.4 Å². The number of nitrogens with zero attached hydrogens (tertiary/aromatic N) is 6. The zero-order valence-electron chi connectivity index (χ0n) is 27.3. The van der Waals surface area contributed by atoms with E-state index in [4.69, 9.17) is 4.74 Å². The molecule has 4 aromatic carbocycles. The molecule has 1 aliphatic rings. The summed E-state index contributed by atoms with van der Waals surface area (Å²) in [6.45, 7) is 11.1. The van der Waals surface area contributed by atoms with E-state index in [-0.39, 0.29) is 5.88 Å². The molecule has 47 heavy (non-hydrogen) atoms. The number of para-hydroxylation sites is 2. The number of ether oxygens (including phenoxy) is 1. The Morgan fingerprint density at radius 3 is 2.32 bits per heavy atom. The highest BCUT2D eigenvalue weighted by Gasteiger charge is 2.25. The number of rotatable bonds is 7. The summed E-state index contributed by atoms with van der Waals surface area (Å²) in [5.41, 5.74) is 7.75. The summed E-state index contributed by atoms with van der Waals surface area (Å²) in [4.78, 5) is 29.5. The molecule has 0 atom stereocenters. The second-order valence-electron chi connectivity index (χ2n) is 12.1. The van der Waals surface area contributed by atoms with E-state index in [1.165, 1.54) is 11.2 Å². The summed E-state index contributed by atoms with van der Waals surface area (Å²) >= 11 is 0. The lowest BCUT2D eigenvalue weighted by atomic mass is 10.1. The van der Waals surface area contributed by atoms with Gasteiger partial charge in [-0.05, 0) is 87.5 Å². The second kappa shape index (κ2) is 12.8. The number of benzene rings is 4. The zero-order chi connectivity index (χ0) is 32.5. The third-order valence-electron chi connectivity index (χ3n) is 8.99. The molecule has 3 heterocycles. The maximum atomic E-state index is 14.2. The Labute approximate surface area is 275 Å². The minimum absolute atomic E-state index is 0.154. The average molecular weight is 626 g/mol. The van der Waals surface area contributed by atoms with Gasteiger partial charge in [-0.15, -0.1) is 0 Å². The van der Waals surface area contributed by atoms with Crippen molar-refractivity contribution in [2.45, 2.75) is 27.3 Å². The number of amides is 1. The number of hydrogen-bond donors (Lipinski definition) is 1. The van der Waals surface area contributed by atoms with E-state index in [0.717, 1.165) is 71.5 Å². The highest BCUT2D eigenvalue weighted by molar-refractivity contribution is 6.10. The number of aromatic nitrogens is 3. The van der Waals surface area contributed by atoms with Crippen LogP contribution in [0, 0.1) is 13.8 Å².